The number of thiophene rings is 1. The molecule has 0 bridgehead atoms. The Morgan fingerprint density at radius 1 is 1.04 bits per heavy atom. The van der Waals surface area contributed by atoms with Gasteiger partial charge in [-0.2, -0.15) is 0 Å². The summed E-state index contributed by atoms with van der Waals surface area (Å²) in [5.74, 6) is 0.901. The van der Waals surface area contributed by atoms with Crippen molar-refractivity contribution in [3.8, 4) is 0 Å². The van der Waals surface area contributed by atoms with Crippen molar-refractivity contribution in [2.75, 3.05) is 24.5 Å². The van der Waals surface area contributed by atoms with Gasteiger partial charge in [0.1, 0.15) is 11.8 Å². The van der Waals surface area contributed by atoms with E-state index in [0.29, 0.717) is 6.54 Å². The van der Waals surface area contributed by atoms with E-state index in [4.69, 9.17) is 4.42 Å². The second-order valence-corrected chi connectivity index (χ2v) is 8.21. The molecule has 2 aromatic heterocycles. The van der Waals surface area contributed by atoms with Gasteiger partial charge < -0.3 is 14.2 Å². The molecule has 0 aliphatic carbocycles. The van der Waals surface area contributed by atoms with Crippen molar-refractivity contribution >= 4 is 22.9 Å². The summed E-state index contributed by atoms with van der Waals surface area (Å²) in [6, 6.07) is 14.0. The smallest absolute Gasteiger partial charge is 0.254 e. The Morgan fingerprint density at radius 2 is 1.85 bits per heavy atom. The van der Waals surface area contributed by atoms with E-state index in [1.807, 2.05) is 29.2 Å². The lowest BCUT2D eigenvalue weighted by molar-refractivity contribution is 0.0677. The third-order valence-corrected chi connectivity index (χ3v) is 6.62. The molecule has 2 aliphatic heterocycles. The summed E-state index contributed by atoms with van der Waals surface area (Å²) in [6.45, 7) is 2.94. The van der Waals surface area contributed by atoms with Gasteiger partial charge in [0, 0.05) is 35.8 Å². The molecule has 2 aliphatic rings. The summed E-state index contributed by atoms with van der Waals surface area (Å²) < 4.78 is 5.71. The van der Waals surface area contributed by atoms with E-state index in [2.05, 4.69) is 28.5 Å². The number of carbonyl (C=O) groups is 1. The first-order valence-electron chi connectivity index (χ1n) is 9.57. The summed E-state index contributed by atoms with van der Waals surface area (Å²) in [6.07, 6.45) is 5.09. The zero-order valence-electron chi connectivity index (χ0n) is 15.1. The highest BCUT2D eigenvalue weighted by molar-refractivity contribution is 7.10. The predicted molar refractivity (Wildman–Crippen MR) is 107 cm³/mol. The minimum absolute atomic E-state index is 0.0706. The van der Waals surface area contributed by atoms with Crippen molar-refractivity contribution in [2.24, 2.45) is 0 Å². The van der Waals surface area contributed by atoms with Gasteiger partial charge in [0.25, 0.3) is 5.91 Å². The monoisotopic (exact) mass is 378 g/mol. The quantitative estimate of drug-likeness (QED) is 0.661. The SMILES string of the molecule is O=C(c1ccc(N2CCCC2)cc1)N1CCc2sccc2[C@H]1c1ccco1. The van der Waals surface area contributed by atoms with Gasteiger partial charge in [-0.3, -0.25) is 4.79 Å². The summed E-state index contributed by atoms with van der Waals surface area (Å²) >= 11 is 1.77. The standard InChI is InChI=1S/C22H22N2O2S/c25-22(16-5-7-17(8-6-16)23-11-1-2-12-23)24-13-9-20-18(10-15-27-20)21(24)19-4-3-14-26-19/h3-8,10,14-15,21H,1-2,9,11-13H2/t21-/m0/s1. The molecule has 1 aromatic carbocycles. The Balaban J connectivity index is 1.45. The molecule has 1 amide bonds. The molecule has 1 atom stereocenters. The molecule has 1 fully saturated rings. The van der Waals surface area contributed by atoms with Crippen LogP contribution in [0.25, 0.3) is 0 Å². The molecular formula is C22H22N2O2S. The normalized spacial score (nSPS) is 19.3. The number of amides is 1. The third-order valence-electron chi connectivity index (χ3n) is 5.62. The zero-order chi connectivity index (χ0) is 18.2. The van der Waals surface area contributed by atoms with Crippen LogP contribution in [0.4, 0.5) is 5.69 Å². The third kappa shape index (κ3) is 2.96. The summed E-state index contributed by atoms with van der Waals surface area (Å²) in [5.41, 5.74) is 3.15. The van der Waals surface area contributed by atoms with E-state index in [1.165, 1.54) is 29.0 Å². The molecule has 0 radical (unpaired) electrons. The topological polar surface area (TPSA) is 36.7 Å². The summed E-state index contributed by atoms with van der Waals surface area (Å²) in [7, 11) is 0. The average Bonchev–Trinajstić information content (AvgIpc) is 3.49. The Bertz CT molecular complexity index is 924. The molecule has 4 heterocycles. The van der Waals surface area contributed by atoms with Gasteiger partial charge >= 0.3 is 0 Å². The minimum atomic E-state index is -0.138. The number of hydrogen-bond acceptors (Lipinski definition) is 4. The number of nitrogens with zero attached hydrogens (tertiary/aromatic N) is 2. The van der Waals surface area contributed by atoms with Crippen molar-refractivity contribution in [3.63, 3.8) is 0 Å². The van der Waals surface area contributed by atoms with E-state index in [1.54, 1.807) is 17.6 Å². The number of hydrogen-bond donors (Lipinski definition) is 0. The summed E-state index contributed by atoms with van der Waals surface area (Å²) in [4.78, 5) is 19.0. The number of anilines is 1. The van der Waals surface area contributed by atoms with Crippen LogP contribution in [0.5, 0.6) is 0 Å². The fraction of sp³-hybridized carbons (Fsp3) is 0.318. The van der Waals surface area contributed by atoms with Crippen molar-refractivity contribution in [1.82, 2.24) is 4.90 Å². The van der Waals surface area contributed by atoms with E-state index in [9.17, 15) is 4.79 Å². The second-order valence-electron chi connectivity index (χ2n) is 7.21. The predicted octanol–water partition coefficient (Wildman–Crippen LogP) is 4.73. The van der Waals surface area contributed by atoms with Crippen LogP contribution in [-0.2, 0) is 6.42 Å². The number of carbonyl (C=O) groups excluding carboxylic acids is 1. The lowest BCUT2D eigenvalue weighted by Gasteiger charge is -2.35. The highest BCUT2D eigenvalue weighted by Gasteiger charge is 2.34. The maximum atomic E-state index is 13.3. The molecular weight excluding hydrogens is 356 g/mol. The highest BCUT2D eigenvalue weighted by atomic mass is 32.1. The Morgan fingerprint density at radius 3 is 2.59 bits per heavy atom. The maximum Gasteiger partial charge on any atom is 0.254 e. The molecule has 5 rings (SSSR count). The molecule has 138 valence electrons. The van der Waals surface area contributed by atoms with E-state index < -0.39 is 0 Å². The molecule has 0 spiro atoms. The van der Waals surface area contributed by atoms with Crippen LogP contribution in [0.1, 0.15) is 45.4 Å². The van der Waals surface area contributed by atoms with E-state index >= 15 is 0 Å². The molecule has 0 unspecified atom stereocenters. The van der Waals surface area contributed by atoms with Crippen molar-refractivity contribution in [3.05, 3.63) is 75.9 Å². The first-order chi connectivity index (χ1) is 13.3. The lowest BCUT2D eigenvalue weighted by Crippen LogP contribution is -2.40. The van der Waals surface area contributed by atoms with Crippen LogP contribution in [0.2, 0.25) is 0 Å². The Kier molecular flexibility index (Phi) is 4.24. The van der Waals surface area contributed by atoms with Crippen LogP contribution in [0, 0.1) is 0 Å². The first-order valence-corrected chi connectivity index (χ1v) is 10.4. The molecule has 3 aromatic rings. The van der Waals surface area contributed by atoms with Gasteiger partial charge in [0.2, 0.25) is 0 Å². The molecule has 5 heteroatoms. The Labute approximate surface area is 163 Å². The van der Waals surface area contributed by atoms with Crippen LogP contribution in [-0.4, -0.2) is 30.4 Å². The number of fused-ring (bicyclic) bond motifs is 1. The number of rotatable bonds is 3. The van der Waals surface area contributed by atoms with Gasteiger partial charge in [-0.25, -0.2) is 0 Å². The van der Waals surface area contributed by atoms with E-state index in [0.717, 1.165) is 30.8 Å². The second kappa shape index (κ2) is 6.89. The Hall–Kier alpha value is -2.53. The van der Waals surface area contributed by atoms with Crippen molar-refractivity contribution in [2.45, 2.75) is 25.3 Å². The number of benzene rings is 1. The number of furan rings is 1. The molecule has 0 N–H and O–H groups in total. The van der Waals surface area contributed by atoms with Crippen molar-refractivity contribution in [1.29, 1.82) is 0 Å². The average molecular weight is 378 g/mol. The molecule has 27 heavy (non-hydrogen) atoms. The fourth-order valence-electron chi connectivity index (χ4n) is 4.24. The van der Waals surface area contributed by atoms with Crippen LogP contribution in [0.3, 0.4) is 0 Å². The summed E-state index contributed by atoms with van der Waals surface area (Å²) in [5, 5.41) is 2.11. The molecule has 0 saturated carbocycles. The largest absolute Gasteiger partial charge is 0.467 e. The molecule has 1 saturated heterocycles. The van der Waals surface area contributed by atoms with Gasteiger partial charge in [-0.1, -0.05) is 0 Å². The van der Waals surface area contributed by atoms with Gasteiger partial charge in [0.15, 0.2) is 0 Å². The zero-order valence-corrected chi connectivity index (χ0v) is 16.0. The van der Waals surface area contributed by atoms with E-state index in [-0.39, 0.29) is 11.9 Å². The fourth-order valence-corrected chi connectivity index (χ4v) is 5.15. The maximum absolute atomic E-state index is 13.3. The van der Waals surface area contributed by atoms with Gasteiger partial charge in [0.05, 0.1) is 6.26 Å². The first kappa shape index (κ1) is 16.6. The minimum Gasteiger partial charge on any atom is -0.467 e. The highest BCUT2D eigenvalue weighted by Crippen LogP contribution is 2.38. The van der Waals surface area contributed by atoms with Gasteiger partial charge in [-0.15, -0.1) is 11.3 Å². The van der Waals surface area contributed by atoms with Crippen LogP contribution in [0.15, 0.2) is 58.5 Å². The molecule has 4 nitrogen and oxygen atoms in total. The van der Waals surface area contributed by atoms with Crippen LogP contribution < -0.4 is 4.90 Å². The van der Waals surface area contributed by atoms with Crippen molar-refractivity contribution < 1.29 is 9.21 Å². The van der Waals surface area contributed by atoms with Crippen LogP contribution >= 0.6 is 11.3 Å². The van der Waals surface area contributed by atoms with Gasteiger partial charge in [-0.05, 0) is 72.7 Å². The lowest BCUT2D eigenvalue weighted by atomic mass is 9.96.